The minimum absolute atomic E-state index is 0. The second kappa shape index (κ2) is 24.9. The van der Waals surface area contributed by atoms with Gasteiger partial charge in [0.1, 0.15) is 0 Å². The first kappa shape index (κ1) is 46.0. The molecule has 0 saturated heterocycles. The number of hydrogen-bond donors (Lipinski definition) is 2. The van der Waals surface area contributed by atoms with Crippen molar-refractivity contribution < 1.29 is 27.3 Å². The van der Waals surface area contributed by atoms with E-state index in [9.17, 15) is 10.2 Å². The van der Waals surface area contributed by atoms with Crippen molar-refractivity contribution in [3.63, 3.8) is 0 Å². The number of thioether (sulfide) groups is 2. The van der Waals surface area contributed by atoms with E-state index in [1.165, 1.54) is 65.0 Å². The van der Waals surface area contributed by atoms with Gasteiger partial charge in [-0.1, -0.05) is 80.8 Å². The molecule has 2 aliphatic carbocycles. The molecule has 0 aromatic heterocycles. The van der Waals surface area contributed by atoms with E-state index in [1.54, 1.807) is 35.3 Å². The van der Waals surface area contributed by atoms with E-state index in [1.807, 2.05) is 77.6 Å². The minimum atomic E-state index is -0.491. The molecule has 0 radical (unpaired) electrons. The van der Waals surface area contributed by atoms with Crippen molar-refractivity contribution in [2.45, 2.75) is 97.5 Å². The summed E-state index contributed by atoms with van der Waals surface area (Å²) in [5.74, 6) is 4.61. The summed E-state index contributed by atoms with van der Waals surface area (Å²) in [7, 11) is 0. The molecule has 2 aliphatic rings. The van der Waals surface area contributed by atoms with Crippen molar-refractivity contribution in [2.24, 2.45) is 22.0 Å². The quantitative estimate of drug-likeness (QED) is 0.0360. The zero-order chi connectivity index (χ0) is 38.8. The van der Waals surface area contributed by atoms with E-state index in [4.69, 9.17) is 5.10 Å². The summed E-state index contributed by atoms with van der Waals surface area (Å²) in [5.41, 5.74) is 2.04. The second-order valence-corrected chi connectivity index (χ2v) is 17.5. The largest absolute Gasteiger partial charge is 2.00 e. The van der Waals surface area contributed by atoms with Crippen LogP contribution in [-0.4, -0.2) is 59.9 Å². The van der Waals surface area contributed by atoms with E-state index in [0.29, 0.717) is 30.7 Å². The van der Waals surface area contributed by atoms with E-state index >= 15 is 0 Å². The molecule has 10 heteroatoms. The Morgan fingerprint density at radius 2 is 1.09 bits per heavy atom. The van der Waals surface area contributed by atoms with E-state index < -0.39 is 6.10 Å². The van der Waals surface area contributed by atoms with Crippen LogP contribution in [0.5, 0.6) is 0 Å². The van der Waals surface area contributed by atoms with Crippen LogP contribution >= 0.6 is 35.3 Å². The van der Waals surface area contributed by atoms with Crippen LogP contribution < -0.4 is 10.0 Å². The Morgan fingerprint density at radius 1 is 0.661 bits per heavy atom. The van der Waals surface area contributed by atoms with Gasteiger partial charge in [-0.2, -0.15) is 36.9 Å². The first-order valence-electron chi connectivity index (χ1n) is 19.6. The summed E-state index contributed by atoms with van der Waals surface area (Å²) in [6.45, 7) is 7.46. The van der Waals surface area contributed by atoms with E-state index in [-0.39, 0.29) is 23.2 Å². The van der Waals surface area contributed by atoms with Gasteiger partial charge < -0.3 is 22.0 Å². The molecule has 300 valence electrons. The van der Waals surface area contributed by atoms with E-state index in [0.717, 1.165) is 22.7 Å². The predicted octanol–water partition coefficient (Wildman–Crippen LogP) is 11.5. The number of aliphatic hydroxyl groups excluding tert-OH is 2. The maximum Gasteiger partial charge on any atom is 2.00 e. The molecule has 2 N–H and O–H groups in total. The van der Waals surface area contributed by atoms with Crippen LogP contribution in [0.25, 0.3) is 0 Å². The molecule has 0 aliphatic heterocycles. The smallest absolute Gasteiger partial charge is 0.391 e. The first-order chi connectivity index (χ1) is 26.8. The molecule has 4 aromatic rings. The van der Waals surface area contributed by atoms with Crippen molar-refractivity contribution in [3.8, 4) is 0 Å². The fourth-order valence-corrected chi connectivity index (χ4v) is 8.63. The van der Waals surface area contributed by atoms with Gasteiger partial charge in [-0.15, -0.1) is 35.4 Å². The average molecular weight is 851 g/mol. The van der Waals surface area contributed by atoms with Crippen LogP contribution in [0.4, 0.5) is 11.4 Å². The van der Waals surface area contributed by atoms with Gasteiger partial charge >= 0.3 is 17.1 Å². The van der Waals surface area contributed by atoms with Crippen LogP contribution in [0, 0.1) is 23.7 Å². The normalized spacial score (nSPS) is 18.4. The molecular formula is C46H58FeN4O2S3. The molecule has 6 nitrogen and oxygen atoms in total. The van der Waals surface area contributed by atoms with Gasteiger partial charge in [0.15, 0.2) is 0 Å². The number of anilines is 2. The van der Waals surface area contributed by atoms with Crippen LogP contribution in [0.3, 0.4) is 0 Å². The van der Waals surface area contributed by atoms with Crippen molar-refractivity contribution in [2.75, 3.05) is 35.1 Å². The third kappa shape index (κ3) is 15.2. The maximum atomic E-state index is 10.8. The Balaban J connectivity index is 0.000000282. The van der Waals surface area contributed by atoms with Gasteiger partial charge in [0.2, 0.25) is 0 Å². The molecule has 6 rings (SSSR count). The topological polar surface area (TPSA) is 71.7 Å². The summed E-state index contributed by atoms with van der Waals surface area (Å²) in [6.07, 6.45) is 13.4. The Bertz CT molecular complexity index is 1720. The van der Waals surface area contributed by atoms with Crippen LogP contribution in [0.2, 0.25) is 0 Å². The van der Waals surface area contributed by atoms with E-state index in [2.05, 4.69) is 86.2 Å². The monoisotopic (exact) mass is 850 g/mol. The van der Waals surface area contributed by atoms with Gasteiger partial charge in [0.25, 0.3) is 0 Å². The fourth-order valence-electron chi connectivity index (χ4n) is 6.59. The number of nitrogens with zero attached hydrogens (tertiary/aromatic N) is 4. The SMILES string of the molecule is CCC(O)CN(/N=C/C1CCC[C-]1C)c1ccccc1.CSc1ccc(Sc2ccc(SCC(O)CN(/N=C/C3CCC[C-]3C)c3ccccc3)cc2)cc1.[Fe+2]. The summed E-state index contributed by atoms with van der Waals surface area (Å²) in [6, 6.07) is 37.5. The number of rotatable bonds is 17. The summed E-state index contributed by atoms with van der Waals surface area (Å²) < 4.78 is 0. The Morgan fingerprint density at radius 3 is 1.50 bits per heavy atom. The van der Waals surface area contributed by atoms with Crippen LogP contribution in [0.15, 0.2) is 139 Å². The third-order valence-electron chi connectivity index (χ3n) is 10.1. The molecule has 0 spiro atoms. The van der Waals surface area contributed by atoms with Gasteiger partial charge in [0, 0.05) is 25.3 Å². The molecule has 56 heavy (non-hydrogen) atoms. The Labute approximate surface area is 359 Å². The minimum Gasteiger partial charge on any atom is -0.391 e. The fraction of sp³-hybridized carbons (Fsp3) is 0.391. The molecule has 4 atom stereocenters. The summed E-state index contributed by atoms with van der Waals surface area (Å²) >= 11 is 5.21. The zero-order valence-electron chi connectivity index (χ0n) is 33.2. The number of para-hydroxylation sites is 2. The molecule has 2 saturated carbocycles. The first-order valence-corrected chi connectivity index (χ1v) is 22.6. The Kier molecular flexibility index (Phi) is 20.5. The molecular weight excluding hydrogens is 793 g/mol. The van der Waals surface area contributed by atoms with Crippen LogP contribution in [0.1, 0.15) is 65.7 Å². The second-order valence-electron chi connectivity index (χ2n) is 14.3. The van der Waals surface area contributed by atoms with Crippen molar-refractivity contribution in [3.05, 3.63) is 121 Å². The number of hydrogen-bond acceptors (Lipinski definition) is 9. The van der Waals surface area contributed by atoms with Gasteiger partial charge in [0.05, 0.1) is 36.7 Å². The number of benzene rings is 4. The van der Waals surface area contributed by atoms with Gasteiger partial charge in [-0.25, -0.2) is 0 Å². The zero-order valence-corrected chi connectivity index (χ0v) is 36.7. The van der Waals surface area contributed by atoms with Crippen molar-refractivity contribution in [1.29, 1.82) is 0 Å². The number of hydrazone groups is 2. The third-order valence-corrected chi connectivity index (χ3v) is 13.0. The molecule has 2 fully saturated rings. The Hall–Kier alpha value is -2.69. The summed E-state index contributed by atoms with van der Waals surface area (Å²) in [4.78, 5) is 4.90. The van der Waals surface area contributed by atoms with Crippen molar-refractivity contribution >= 4 is 59.1 Å². The van der Waals surface area contributed by atoms with Crippen molar-refractivity contribution in [1.82, 2.24) is 0 Å². The van der Waals surface area contributed by atoms with Crippen LogP contribution in [-0.2, 0) is 17.1 Å². The molecule has 0 heterocycles. The number of aliphatic hydroxyl groups is 2. The van der Waals surface area contributed by atoms with Gasteiger partial charge in [-0.3, -0.25) is 10.0 Å². The molecule has 4 aromatic carbocycles. The molecule has 4 unspecified atom stereocenters. The summed E-state index contributed by atoms with van der Waals surface area (Å²) in [5, 5.41) is 34.0. The predicted molar refractivity (Wildman–Crippen MR) is 239 cm³/mol. The average Bonchev–Trinajstić information content (AvgIpc) is 3.84. The standard InChI is InChI=1S/C29H33N2OS3.C17H25N2O.Fe/c1-22-7-6-8-23(22)19-30-31(24-9-4-3-5-10-24)20-25(32)21-34-27-13-17-29(18-14-27)35-28-15-11-26(33-2)12-16-28;1-3-17(20)13-19(16-10-5-4-6-11-16)18-12-15-9-7-8-14(15)2;/h3-5,9-19,23,25,32H,6-8,20-21H2,1-2H3;4-6,10-12,15,17,20H,3,7-9,13H2,1-2H3;/q2*-1;+2/b30-19+;18-12+;. The molecule has 0 bridgehead atoms. The van der Waals surface area contributed by atoms with Gasteiger partial charge in [-0.05, 0) is 97.9 Å². The maximum absolute atomic E-state index is 10.8. The molecule has 0 amide bonds.